The molecule has 0 atom stereocenters. The molecule has 0 saturated carbocycles. The summed E-state index contributed by atoms with van der Waals surface area (Å²) < 4.78 is 8.99. The molecule has 0 amide bonds. The zero-order valence-corrected chi connectivity index (χ0v) is 2.32. The molecule has 0 aromatic carbocycles. The van der Waals surface area contributed by atoms with E-state index in [0.29, 0.717) is 0 Å². The van der Waals surface area contributed by atoms with Gasteiger partial charge in [0.2, 0.25) is 0 Å². The molecule has 0 aliphatic rings. The normalized spacial score (nSPS) is 4.75. The molecule has 4 heavy (non-hydrogen) atoms. The summed E-state index contributed by atoms with van der Waals surface area (Å²) in [4.78, 5) is 0. The molecule has 0 aliphatic heterocycles. The molecule has 0 saturated heterocycles. The molecule has 0 aliphatic carbocycles. The van der Waals surface area contributed by atoms with Crippen LogP contribution in [0.2, 0.25) is 0 Å². The van der Waals surface area contributed by atoms with Crippen molar-refractivity contribution in [3.05, 3.63) is 6.92 Å². The average molecular weight is 56.1 g/mol. The van der Waals surface area contributed by atoms with Crippen LogP contribution in [0.4, 0.5) is 0 Å². The van der Waals surface area contributed by atoms with Gasteiger partial charge in [-0.05, 0) is 0 Å². The second-order valence-corrected chi connectivity index (χ2v) is 0.394. The Kier molecular flexibility index (Phi) is 2.36. The van der Waals surface area contributed by atoms with Crippen molar-refractivity contribution in [1.29, 1.82) is 0 Å². The zero-order valence-electron chi connectivity index (χ0n) is 2.32. The number of hydrogen-bond donors (Lipinski definition) is 0. The van der Waals surface area contributed by atoms with Gasteiger partial charge >= 0.3 is 24.1 Å². The van der Waals surface area contributed by atoms with Crippen LogP contribution in [0.1, 0.15) is 6.42 Å². The van der Waals surface area contributed by atoms with Crippen LogP contribution in [0.5, 0.6) is 0 Å². The molecule has 0 bridgehead atoms. The Morgan fingerprint density at radius 3 is 2.25 bits per heavy atom. The molecule has 20 valence electrons. The van der Waals surface area contributed by atoms with Crippen LogP contribution in [0.25, 0.3) is 0 Å². The monoisotopic (exact) mass is 56.0 g/mol. The molecule has 1 nitrogen and oxygen atoms in total. The summed E-state index contributed by atoms with van der Waals surface area (Å²) >= 11 is 0. The summed E-state index contributed by atoms with van der Waals surface area (Å²) in [5.41, 5.74) is 0. The summed E-state index contributed by atoms with van der Waals surface area (Å²) in [5.74, 6) is 0. The Bertz CT molecular complexity index is 33.0. The van der Waals surface area contributed by atoms with E-state index in [4.69, 9.17) is 4.65 Å². The molecule has 0 heterocycles. The maximum atomic E-state index is 8.99. The zero-order chi connectivity index (χ0) is 3.41. The molecule has 0 N–H and O–H groups in total. The summed E-state index contributed by atoms with van der Waals surface area (Å²) in [7, 11) is 0. The predicted molar refractivity (Wildman–Crippen MR) is 14.5 cm³/mol. The number of hydrogen-bond acceptors (Lipinski definition) is 0. The van der Waals surface area contributed by atoms with Crippen molar-refractivity contribution in [2.24, 2.45) is 0 Å². The van der Waals surface area contributed by atoms with Crippen LogP contribution in [0.3, 0.4) is 0 Å². The van der Waals surface area contributed by atoms with Crippen molar-refractivity contribution in [3.63, 3.8) is 0 Å². The Labute approximate surface area is 25.3 Å². The third-order valence-electron chi connectivity index (χ3n) is 0.102. The van der Waals surface area contributed by atoms with Crippen LogP contribution in [-0.4, -0.2) is 0 Å². The van der Waals surface area contributed by atoms with Gasteiger partial charge in [-0.3, -0.25) is 0 Å². The minimum absolute atomic E-state index is 0.264. The minimum atomic E-state index is 0.264. The van der Waals surface area contributed by atoms with E-state index in [0.717, 1.165) is 0 Å². The van der Waals surface area contributed by atoms with Gasteiger partial charge in [0, 0.05) is 0 Å². The molecule has 0 spiro atoms. The average Bonchev–Trinajstić information content (AvgIpc) is 1.37. The van der Waals surface area contributed by atoms with E-state index < -0.39 is 0 Å². The van der Waals surface area contributed by atoms with Crippen molar-refractivity contribution >= 4 is 0 Å². The fraction of sp³-hybridized carbons (Fsp3) is 0.333. The van der Waals surface area contributed by atoms with E-state index in [2.05, 4.69) is 6.92 Å². The van der Waals surface area contributed by atoms with Crippen LogP contribution in [-0.2, 0) is 4.65 Å². The molecule has 0 fully saturated rings. The third-order valence-corrected chi connectivity index (χ3v) is 0.102. The van der Waals surface area contributed by atoms with E-state index in [1.807, 2.05) is 0 Å². The third kappa shape index (κ3) is 1.61. The Hall–Kier alpha value is -0.390. The van der Waals surface area contributed by atoms with Crippen molar-refractivity contribution < 1.29 is 4.65 Å². The summed E-state index contributed by atoms with van der Waals surface area (Å²) in [6.07, 6.45) is 1.83. The summed E-state index contributed by atoms with van der Waals surface area (Å²) in [5, 5.41) is 0. The van der Waals surface area contributed by atoms with Gasteiger partial charge < -0.3 is 0 Å². The fourth-order valence-electron chi connectivity index (χ4n) is 0. The standard InChI is InChI=1S/C3H4O/c1-2-3-4/h1-2H2/q+2. The topological polar surface area (TPSA) is 19.9 Å². The van der Waals surface area contributed by atoms with E-state index >= 15 is 0 Å². The van der Waals surface area contributed by atoms with Crippen LogP contribution in [0, 0.1) is 13.1 Å². The first-order chi connectivity index (χ1) is 1.91. The van der Waals surface area contributed by atoms with Crippen molar-refractivity contribution in [1.82, 2.24) is 0 Å². The fourth-order valence-corrected chi connectivity index (χ4v) is 0. The first-order valence-electron chi connectivity index (χ1n) is 1.06. The van der Waals surface area contributed by atoms with Crippen molar-refractivity contribution in [3.8, 4) is 6.15 Å². The van der Waals surface area contributed by atoms with Crippen LogP contribution < -0.4 is 0 Å². The van der Waals surface area contributed by atoms with Crippen molar-refractivity contribution in [2.75, 3.05) is 0 Å². The number of rotatable bonds is 0. The first kappa shape index (κ1) is 3.61. The molecule has 0 radical (unpaired) electrons. The van der Waals surface area contributed by atoms with Gasteiger partial charge in [-0.15, -0.1) is 0 Å². The predicted octanol–water partition coefficient (Wildman–Crippen LogP) is 0.600. The Balaban J connectivity index is 2.43. The molecule has 0 aromatic heterocycles. The van der Waals surface area contributed by atoms with Gasteiger partial charge in [-0.2, -0.15) is 0 Å². The Morgan fingerprint density at radius 2 is 2.25 bits per heavy atom. The Morgan fingerprint density at radius 1 is 2.00 bits per heavy atom. The van der Waals surface area contributed by atoms with Gasteiger partial charge in [-0.1, -0.05) is 0 Å². The molecular weight excluding hydrogens is 52.0 g/mol. The van der Waals surface area contributed by atoms with Gasteiger partial charge in [0.1, 0.15) is 0 Å². The first-order valence-corrected chi connectivity index (χ1v) is 1.06. The van der Waals surface area contributed by atoms with Crippen LogP contribution in [0.15, 0.2) is 0 Å². The summed E-state index contributed by atoms with van der Waals surface area (Å²) in [6.45, 7) is 3.18. The van der Waals surface area contributed by atoms with Gasteiger partial charge in [0.25, 0.3) is 0 Å². The maximum absolute atomic E-state index is 8.99. The van der Waals surface area contributed by atoms with Crippen LogP contribution >= 0.6 is 0 Å². The molecule has 1 heteroatoms. The second kappa shape index (κ2) is 2.61. The van der Waals surface area contributed by atoms with E-state index in [1.165, 1.54) is 0 Å². The molecule has 0 rings (SSSR count). The van der Waals surface area contributed by atoms with Gasteiger partial charge in [0.05, 0.1) is 0 Å². The quantitative estimate of drug-likeness (QED) is 0.286. The van der Waals surface area contributed by atoms with E-state index in [-0.39, 0.29) is 6.42 Å². The van der Waals surface area contributed by atoms with E-state index in [1.54, 1.807) is 6.15 Å². The van der Waals surface area contributed by atoms with Gasteiger partial charge in [0.15, 0.2) is 0 Å². The second-order valence-electron chi connectivity index (χ2n) is 0.394. The molecular formula is C3H4O+2. The van der Waals surface area contributed by atoms with Crippen molar-refractivity contribution in [2.45, 2.75) is 6.42 Å². The molecule has 0 unspecified atom stereocenters. The molecule has 0 aromatic rings. The van der Waals surface area contributed by atoms with Gasteiger partial charge in [-0.25, -0.2) is 0 Å². The summed E-state index contributed by atoms with van der Waals surface area (Å²) in [6, 6.07) is 0. The SMILES string of the molecule is [CH2+]CC#[O+]. The van der Waals surface area contributed by atoms with E-state index in [9.17, 15) is 0 Å².